The Morgan fingerprint density at radius 2 is 2.30 bits per heavy atom. The number of hydrogen-bond donors (Lipinski definition) is 2. The Labute approximate surface area is 124 Å². The summed E-state index contributed by atoms with van der Waals surface area (Å²) in [5, 5.41) is 6.17. The third-order valence-electron chi connectivity index (χ3n) is 3.47. The standard InChI is InChI=1S/C15H22N2O2S/c1-11(15(18)16-7-8-19-2)17-9-12-10-20-14-6-4-3-5-13(12)14/h3-6,11-12,17H,7-10H2,1-2H3,(H,16,18). The van der Waals surface area contributed by atoms with E-state index in [4.69, 9.17) is 4.74 Å². The number of carbonyl (C=O) groups is 1. The lowest BCUT2D eigenvalue weighted by atomic mass is 10.0. The molecule has 110 valence electrons. The summed E-state index contributed by atoms with van der Waals surface area (Å²) >= 11 is 1.90. The minimum Gasteiger partial charge on any atom is -0.383 e. The van der Waals surface area contributed by atoms with Crippen LogP contribution in [0.5, 0.6) is 0 Å². The van der Waals surface area contributed by atoms with Crippen LogP contribution in [0.15, 0.2) is 29.2 Å². The molecule has 20 heavy (non-hydrogen) atoms. The van der Waals surface area contributed by atoms with Crippen molar-refractivity contribution in [3.63, 3.8) is 0 Å². The first-order valence-corrected chi connectivity index (χ1v) is 7.92. The van der Waals surface area contributed by atoms with Crippen LogP contribution < -0.4 is 10.6 Å². The van der Waals surface area contributed by atoms with Crippen LogP contribution in [-0.2, 0) is 9.53 Å². The van der Waals surface area contributed by atoms with Crippen molar-refractivity contribution in [2.45, 2.75) is 23.8 Å². The molecule has 2 rings (SSSR count). The normalized spacial score (nSPS) is 18.6. The smallest absolute Gasteiger partial charge is 0.236 e. The predicted molar refractivity (Wildman–Crippen MR) is 82.3 cm³/mol. The Morgan fingerprint density at radius 1 is 1.50 bits per heavy atom. The zero-order chi connectivity index (χ0) is 14.4. The van der Waals surface area contributed by atoms with Gasteiger partial charge in [0.1, 0.15) is 0 Å². The second kappa shape index (κ2) is 7.67. The molecule has 0 aromatic heterocycles. The Bertz CT molecular complexity index is 453. The predicted octanol–water partition coefficient (Wildman–Crippen LogP) is 1.62. The molecule has 1 amide bonds. The number of benzene rings is 1. The van der Waals surface area contributed by atoms with Gasteiger partial charge in [-0.15, -0.1) is 11.8 Å². The van der Waals surface area contributed by atoms with Gasteiger partial charge < -0.3 is 15.4 Å². The first-order chi connectivity index (χ1) is 9.72. The van der Waals surface area contributed by atoms with E-state index in [0.717, 1.165) is 12.3 Å². The van der Waals surface area contributed by atoms with E-state index in [2.05, 4.69) is 34.9 Å². The maximum Gasteiger partial charge on any atom is 0.236 e. The Balaban J connectivity index is 1.77. The van der Waals surface area contributed by atoms with Crippen molar-refractivity contribution in [2.24, 2.45) is 0 Å². The van der Waals surface area contributed by atoms with E-state index < -0.39 is 0 Å². The number of methoxy groups -OCH3 is 1. The molecule has 2 atom stereocenters. The van der Waals surface area contributed by atoms with Crippen molar-refractivity contribution < 1.29 is 9.53 Å². The molecular weight excluding hydrogens is 272 g/mol. The zero-order valence-corrected chi connectivity index (χ0v) is 12.8. The molecule has 2 N–H and O–H groups in total. The SMILES string of the molecule is COCCNC(=O)C(C)NCC1CSc2ccccc21. The molecule has 1 aromatic carbocycles. The summed E-state index contributed by atoms with van der Waals surface area (Å²) in [6.45, 7) is 3.84. The van der Waals surface area contributed by atoms with Crippen molar-refractivity contribution in [2.75, 3.05) is 32.6 Å². The Morgan fingerprint density at radius 3 is 3.10 bits per heavy atom. The average molecular weight is 294 g/mol. The molecule has 5 heteroatoms. The van der Waals surface area contributed by atoms with E-state index in [9.17, 15) is 4.79 Å². The highest BCUT2D eigenvalue weighted by molar-refractivity contribution is 7.99. The molecule has 0 saturated carbocycles. The molecule has 1 aromatic rings. The third-order valence-corrected chi connectivity index (χ3v) is 4.72. The zero-order valence-electron chi connectivity index (χ0n) is 12.0. The van der Waals surface area contributed by atoms with Crippen LogP contribution >= 0.6 is 11.8 Å². The van der Waals surface area contributed by atoms with Crippen molar-refractivity contribution in [1.29, 1.82) is 0 Å². The highest BCUT2D eigenvalue weighted by atomic mass is 32.2. The summed E-state index contributed by atoms with van der Waals surface area (Å²) in [4.78, 5) is 13.2. The lowest BCUT2D eigenvalue weighted by Gasteiger charge is -2.17. The summed E-state index contributed by atoms with van der Waals surface area (Å²) in [7, 11) is 1.63. The monoisotopic (exact) mass is 294 g/mol. The first kappa shape index (κ1) is 15.4. The van der Waals surface area contributed by atoms with Gasteiger partial charge in [-0.05, 0) is 18.6 Å². The first-order valence-electron chi connectivity index (χ1n) is 6.94. The number of ether oxygens (including phenoxy) is 1. The summed E-state index contributed by atoms with van der Waals surface area (Å²) in [6, 6.07) is 8.34. The van der Waals surface area contributed by atoms with E-state index in [1.807, 2.05) is 18.7 Å². The van der Waals surface area contributed by atoms with E-state index in [0.29, 0.717) is 19.1 Å². The Kier molecular flexibility index (Phi) is 5.88. The van der Waals surface area contributed by atoms with Gasteiger partial charge >= 0.3 is 0 Å². The lowest BCUT2D eigenvalue weighted by molar-refractivity contribution is -0.122. The van der Waals surface area contributed by atoms with Crippen LogP contribution in [0.2, 0.25) is 0 Å². The van der Waals surface area contributed by atoms with Crippen LogP contribution in [0.1, 0.15) is 18.4 Å². The molecule has 0 aliphatic carbocycles. The summed E-state index contributed by atoms with van der Waals surface area (Å²) in [5.41, 5.74) is 1.40. The number of hydrogen-bond acceptors (Lipinski definition) is 4. The molecule has 0 radical (unpaired) electrons. The van der Waals surface area contributed by atoms with Crippen molar-refractivity contribution in [3.8, 4) is 0 Å². The highest BCUT2D eigenvalue weighted by Gasteiger charge is 2.23. The van der Waals surface area contributed by atoms with E-state index in [-0.39, 0.29) is 11.9 Å². The molecule has 1 heterocycles. The van der Waals surface area contributed by atoms with Gasteiger partial charge in [-0.1, -0.05) is 18.2 Å². The largest absolute Gasteiger partial charge is 0.383 e. The molecule has 4 nitrogen and oxygen atoms in total. The fraction of sp³-hybridized carbons (Fsp3) is 0.533. The molecule has 0 fully saturated rings. The van der Waals surface area contributed by atoms with Crippen LogP contribution in [0, 0.1) is 0 Å². The average Bonchev–Trinajstić information content (AvgIpc) is 2.88. The maximum atomic E-state index is 11.8. The minimum atomic E-state index is -0.176. The van der Waals surface area contributed by atoms with Crippen LogP contribution in [-0.4, -0.2) is 44.5 Å². The summed E-state index contributed by atoms with van der Waals surface area (Å²) in [5.74, 6) is 1.61. The number of amides is 1. The third kappa shape index (κ3) is 3.98. The topological polar surface area (TPSA) is 50.4 Å². The van der Waals surface area contributed by atoms with Gasteiger partial charge in [0.15, 0.2) is 0 Å². The van der Waals surface area contributed by atoms with Crippen LogP contribution in [0.3, 0.4) is 0 Å². The van der Waals surface area contributed by atoms with Gasteiger partial charge in [0.05, 0.1) is 12.6 Å². The molecule has 0 spiro atoms. The molecule has 1 aliphatic heterocycles. The highest BCUT2D eigenvalue weighted by Crippen LogP contribution is 2.38. The second-order valence-electron chi connectivity index (χ2n) is 4.96. The van der Waals surface area contributed by atoms with Gasteiger partial charge in [0, 0.05) is 36.8 Å². The molecule has 0 bridgehead atoms. The van der Waals surface area contributed by atoms with E-state index >= 15 is 0 Å². The lowest BCUT2D eigenvalue weighted by Crippen LogP contribution is -2.44. The van der Waals surface area contributed by atoms with Gasteiger partial charge in [-0.3, -0.25) is 4.79 Å². The van der Waals surface area contributed by atoms with Crippen LogP contribution in [0.4, 0.5) is 0 Å². The number of fused-ring (bicyclic) bond motifs is 1. The second-order valence-corrected chi connectivity index (χ2v) is 6.02. The van der Waals surface area contributed by atoms with Crippen LogP contribution in [0.25, 0.3) is 0 Å². The summed E-state index contributed by atoms with van der Waals surface area (Å²) in [6.07, 6.45) is 0. The van der Waals surface area contributed by atoms with E-state index in [1.165, 1.54) is 10.5 Å². The maximum absolute atomic E-state index is 11.8. The number of nitrogens with one attached hydrogen (secondary N) is 2. The molecule has 2 unspecified atom stereocenters. The quantitative estimate of drug-likeness (QED) is 0.750. The van der Waals surface area contributed by atoms with Gasteiger partial charge in [-0.2, -0.15) is 0 Å². The number of thioether (sulfide) groups is 1. The fourth-order valence-electron chi connectivity index (χ4n) is 2.24. The number of rotatable bonds is 7. The van der Waals surface area contributed by atoms with E-state index in [1.54, 1.807) is 7.11 Å². The van der Waals surface area contributed by atoms with Gasteiger partial charge in [0.2, 0.25) is 5.91 Å². The molecular formula is C15H22N2O2S. The van der Waals surface area contributed by atoms with Crippen molar-refractivity contribution in [1.82, 2.24) is 10.6 Å². The molecule has 1 aliphatic rings. The molecule has 0 saturated heterocycles. The van der Waals surface area contributed by atoms with Gasteiger partial charge in [-0.25, -0.2) is 0 Å². The number of carbonyl (C=O) groups excluding carboxylic acids is 1. The van der Waals surface area contributed by atoms with Crippen molar-refractivity contribution >= 4 is 17.7 Å². The Hall–Kier alpha value is -1.04. The van der Waals surface area contributed by atoms with Crippen molar-refractivity contribution in [3.05, 3.63) is 29.8 Å². The summed E-state index contributed by atoms with van der Waals surface area (Å²) < 4.78 is 4.91. The fourth-order valence-corrected chi connectivity index (χ4v) is 3.49. The minimum absolute atomic E-state index is 0.0287. The van der Waals surface area contributed by atoms with Gasteiger partial charge in [0.25, 0.3) is 0 Å².